The number of rotatable bonds is 5. The lowest BCUT2D eigenvalue weighted by Crippen LogP contribution is -1.95. The normalized spacial score (nSPS) is 14.0. The molecule has 0 aliphatic heterocycles. The van der Waals surface area contributed by atoms with Gasteiger partial charge in [-0.3, -0.25) is 9.98 Å². The van der Waals surface area contributed by atoms with E-state index < -0.39 is 0 Å². The molecule has 0 aliphatic rings. The highest BCUT2D eigenvalue weighted by atomic mass is 35.5. The second-order valence-electron chi connectivity index (χ2n) is 3.62. The Hall–Kier alpha value is -0.890. The summed E-state index contributed by atoms with van der Waals surface area (Å²) in [6.45, 7) is 8.04. The molecule has 0 atom stereocenters. The third-order valence-electron chi connectivity index (χ3n) is 1.87. The maximum Gasteiger partial charge on any atom is 0.0857 e. The van der Waals surface area contributed by atoms with Crippen LogP contribution in [0.15, 0.2) is 32.4 Å². The van der Waals surface area contributed by atoms with Crippen LogP contribution in [0, 0.1) is 0 Å². The molecule has 0 radical (unpaired) electrons. The van der Waals surface area contributed by atoms with Crippen LogP contribution < -0.4 is 0 Å². The van der Waals surface area contributed by atoms with Crippen LogP contribution in [-0.2, 0) is 0 Å². The number of aliphatic imine (C=N–C) groups is 2. The third-order valence-corrected chi connectivity index (χ3v) is 2.31. The van der Waals surface area contributed by atoms with Crippen molar-refractivity contribution in [2.45, 2.75) is 40.5 Å². The monoisotopic (exact) mass is 240 g/mol. The summed E-state index contributed by atoms with van der Waals surface area (Å²) in [6.07, 6.45) is 5.62. The fourth-order valence-electron chi connectivity index (χ4n) is 1.24. The number of hydrogen-bond acceptors (Lipinski definition) is 2. The molecule has 16 heavy (non-hydrogen) atoms. The summed E-state index contributed by atoms with van der Waals surface area (Å²) in [6, 6.07) is 0. The Balaban J connectivity index is 5.49. The van der Waals surface area contributed by atoms with Crippen molar-refractivity contribution in [3.8, 4) is 0 Å². The largest absolute Gasteiger partial charge is 0.296 e. The minimum atomic E-state index is 0.779. The van der Waals surface area contributed by atoms with Gasteiger partial charge in [-0.15, -0.1) is 0 Å². The van der Waals surface area contributed by atoms with Crippen molar-refractivity contribution in [1.82, 2.24) is 0 Å². The molecular formula is C13H21ClN2. The Morgan fingerprint density at radius 1 is 1.25 bits per heavy atom. The molecule has 0 aliphatic carbocycles. The van der Waals surface area contributed by atoms with E-state index in [0.29, 0.717) is 0 Å². The van der Waals surface area contributed by atoms with Crippen molar-refractivity contribution < 1.29 is 0 Å². The van der Waals surface area contributed by atoms with Crippen LogP contribution in [0.2, 0.25) is 0 Å². The fourth-order valence-corrected chi connectivity index (χ4v) is 1.39. The topological polar surface area (TPSA) is 24.7 Å². The number of hydrogen-bond donors (Lipinski definition) is 0. The van der Waals surface area contributed by atoms with Gasteiger partial charge in [0.25, 0.3) is 0 Å². The molecule has 0 rings (SSSR count). The molecule has 3 heteroatoms. The molecule has 0 spiro atoms. The zero-order valence-corrected chi connectivity index (χ0v) is 11.6. The zero-order valence-electron chi connectivity index (χ0n) is 10.8. The summed E-state index contributed by atoms with van der Waals surface area (Å²) in [5, 5.41) is 0.779. The SMILES string of the molecule is CC/C=C(C=NC)\C(N=C(C)C)=C(/Cl)CC. The molecule has 0 saturated heterocycles. The molecule has 0 aromatic carbocycles. The summed E-state index contributed by atoms with van der Waals surface area (Å²) < 4.78 is 0. The van der Waals surface area contributed by atoms with Crippen molar-refractivity contribution in [2.75, 3.05) is 7.05 Å². The van der Waals surface area contributed by atoms with Gasteiger partial charge in [-0.2, -0.15) is 0 Å². The summed E-state index contributed by atoms with van der Waals surface area (Å²) in [5.41, 5.74) is 2.84. The lowest BCUT2D eigenvalue weighted by molar-refractivity contribution is 1.13. The van der Waals surface area contributed by atoms with E-state index in [9.17, 15) is 0 Å². The van der Waals surface area contributed by atoms with E-state index in [1.807, 2.05) is 27.0 Å². The molecule has 90 valence electrons. The van der Waals surface area contributed by atoms with Crippen LogP contribution in [0.25, 0.3) is 0 Å². The number of nitrogens with zero attached hydrogens (tertiary/aromatic N) is 2. The number of allylic oxidation sites excluding steroid dienone is 3. The van der Waals surface area contributed by atoms with E-state index in [0.717, 1.165) is 34.9 Å². The zero-order chi connectivity index (χ0) is 12.6. The Labute approximate surface area is 104 Å². The smallest absolute Gasteiger partial charge is 0.0857 e. The molecular weight excluding hydrogens is 220 g/mol. The Morgan fingerprint density at radius 3 is 2.25 bits per heavy atom. The van der Waals surface area contributed by atoms with Crippen LogP contribution in [-0.4, -0.2) is 19.0 Å². The van der Waals surface area contributed by atoms with E-state index in [4.69, 9.17) is 11.6 Å². The van der Waals surface area contributed by atoms with Crippen molar-refractivity contribution >= 4 is 23.5 Å². The van der Waals surface area contributed by atoms with Gasteiger partial charge in [0.1, 0.15) is 0 Å². The molecule has 0 aromatic rings. The van der Waals surface area contributed by atoms with Gasteiger partial charge in [0, 0.05) is 29.6 Å². The lowest BCUT2D eigenvalue weighted by Gasteiger charge is -2.06. The minimum Gasteiger partial charge on any atom is -0.296 e. The van der Waals surface area contributed by atoms with Crippen molar-refractivity contribution in [1.29, 1.82) is 0 Å². The molecule has 0 heterocycles. The minimum absolute atomic E-state index is 0.779. The fraction of sp³-hybridized carbons (Fsp3) is 0.538. The predicted octanol–water partition coefficient (Wildman–Crippen LogP) is 4.36. The Bertz CT molecular complexity index is 332. The van der Waals surface area contributed by atoms with Crippen LogP contribution in [0.4, 0.5) is 0 Å². The molecule has 0 saturated carbocycles. The van der Waals surface area contributed by atoms with E-state index in [1.54, 1.807) is 7.05 Å². The maximum absolute atomic E-state index is 6.21. The Morgan fingerprint density at radius 2 is 1.88 bits per heavy atom. The summed E-state index contributed by atoms with van der Waals surface area (Å²) >= 11 is 6.21. The van der Waals surface area contributed by atoms with Crippen molar-refractivity contribution in [3.05, 3.63) is 22.4 Å². The highest BCUT2D eigenvalue weighted by Crippen LogP contribution is 2.22. The van der Waals surface area contributed by atoms with Gasteiger partial charge in [0.15, 0.2) is 0 Å². The van der Waals surface area contributed by atoms with Gasteiger partial charge in [-0.1, -0.05) is 31.5 Å². The molecule has 0 N–H and O–H groups in total. The Kier molecular flexibility index (Phi) is 7.82. The van der Waals surface area contributed by atoms with E-state index in [2.05, 4.69) is 23.0 Å². The molecule has 0 bridgehead atoms. The summed E-state index contributed by atoms with van der Waals surface area (Å²) in [7, 11) is 1.75. The van der Waals surface area contributed by atoms with Crippen LogP contribution in [0.1, 0.15) is 40.5 Å². The van der Waals surface area contributed by atoms with E-state index >= 15 is 0 Å². The average molecular weight is 241 g/mol. The van der Waals surface area contributed by atoms with Crippen LogP contribution >= 0.6 is 11.6 Å². The molecule has 2 nitrogen and oxygen atoms in total. The molecule has 0 unspecified atom stereocenters. The first-order valence-corrected chi connectivity index (χ1v) is 5.97. The van der Waals surface area contributed by atoms with Gasteiger partial charge >= 0.3 is 0 Å². The standard InChI is InChI=1S/C13H21ClN2/c1-6-8-11(9-15-5)13(12(14)7-2)16-10(3)4/h8-9H,6-7H2,1-5H3/b11-8-,13-12+,15-9?. The maximum atomic E-state index is 6.21. The molecule has 0 fully saturated rings. The van der Waals surface area contributed by atoms with Crippen LogP contribution in [0.5, 0.6) is 0 Å². The average Bonchev–Trinajstić information content (AvgIpc) is 2.24. The van der Waals surface area contributed by atoms with Gasteiger partial charge in [0.2, 0.25) is 0 Å². The van der Waals surface area contributed by atoms with Crippen molar-refractivity contribution in [3.63, 3.8) is 0 Å². The van der Waals surface area contributed by atoms with Gasteiger partial charge < -0.3 is 0 Å². The quantitative estimate of drug-likeness (QED) is 0.504. The van der Waals surface area contributed by atoms with Gasteiger partial charge in [0.05, 0.1) is 5.70 Å². The first-order valence-electron chi connectivity index (χ1n) is 5.59. The third kappa shape index (κ3) is 5.26. The predicted molar refractivity (Wildman–Crippen MR) is 74.7 cm³/mol. The summed E-state index contributed by atoms with van der Waals surface area (Å²) in [4.78, 5) is 8.53. The first-order chi connectivity index (χ1) is 7.56. The first kappa shape index (κ1) is 15.1. The van der Waals surface area contributed by atoms with Gasteiger partial charge in [-0.05, 0) is 26.7 Å². The summed E-state index contributed by atoms with van der Waals surface area (Å²) in [5.74, 6) is 0. The van der Waals surface area contributed by atoms with E-state index in [-0.39, 0.29) is 0 Å². The number of halogens is 1. The van der Waals surface area contributed by atoms with Gasteiger partial charge in [-0.25, -0.2) is 0 Å². The molecule has 0 aromatic heterocycles. The highest BCUT2D eigenvalue weighted by Gasteiger charge is 2.06. The lowest BCUT2D eigenvalue weighted by atomic mass is 10.1. The highest BCUT2D eigenvalue weighted by molar-refractivity contribution is 6.30. The second kappa shape index (κ2) is 8.28. The van der Waals surface area contributed by atoms with Crippen LogP contribution in [0.3, 0.4) is 0 Å². The van der Waals surface area contributed by atoms with Crippen molar-refractivity contribution in [2.24, 2.45) is 9.98 Å². The molecule has 0 amide bonds. The van der Waals surface area contributed by atoms with E-state index in [1.165, 1.54) is 0 Å². The second-order valence-corrected chi connectivity index (χ2v) is 4.08.